The zero-order valence-corrected chi connectivity index (χ0v) is 9.88. The Kier molecular flexibility index (Phi) is 2.47. The minimum absolute atomic E-state index is 1.06. The average Bonchev–Trinajstić information content (AvgIpc) is 2.38. The number of rotatable bonds is 1. The fourth-order valence-electron chi connectivity index (χ4n) is 2.95. The standard InChI is InChI=1S/C15H18O/c1-16-13-9-8-12-7-6-11-4-2-3-5-14(11)15(12)10-13/h6-7,10H,2-5,8-9H2,1H3. The van der Waals surface area contributed by atoms with E-state index in [4.69, 9.17) is 4.74 Å². The molecular weight excluding hydrogens is 196 g/mol. The predicted molar refractivity (Wildman–Crippen MR) is 66.4 cm³/mol. The molecule has 1 nitrogen and oxygen atoms in total. The van der Waals surface area contributed by atoms with Gasteiger partial charge in [0.25, 0.3) is 0 Å². The van der Waals surface area contributed by atoms with Crippen LogP contribution in [-0.2, 0) is 24.0 Å². The predicted octanol–water partition coefficient (Wildman–Crippen LogP) is 3.50. The van der Waals surface area contributed by atoms with E-state index in [9.17, 15) is 0 Å². The Hall–Kier alpha value is -1.24. The van der Waals surface area contributed by atoms with Crippen molar-refractivity contribution in [2.24, 2.45) is 0 Å². The van der Waals surface area contributed by atoms with Crippen molar-refractivity contribution in [1.29, 1.82) is 0 Å². The van der Waals surface area contributed by atoms with Crippen LogP contribution in [0.2, 0.25) is 0 Å². The number of allylic oxidation sites excluding steroid dienone is 1. The molecule has 0 radical (unpaired) electrons. The summed E-state index contributed by atoms with van der Waals surface area (Å²) in [6, 6.07) is 4.67. The quantitative estimate of drug-likeness (QED) is 0.695. The Balaban J connectivity index is 2.12. The van der Waals surface area contributed by atoms with Crippen molar-refractivity contribution in [1.82, 2.24) is 0 Å². The van der Waals surface area contributed by atoms with Gasteiger partial charge in [-0.2, -0.15) is 0 Å². The van der Waals surface area contributed by atoms with Gasteiger partial charge >= 0.3 is 0 Å². The van der Waals surface area contributed by atoms with E-state index in [-0.39, 0.29) is 0 Å². The molecule has 0 N–H and O–H groups in total. The molecule has 0 aliphatic heterocycles. The zero-order chi connectivity index (χ0) is 11.0. The van der Waals surface area contributed by atoms with E-state index in [0.29, 0.717) is 0 Å². The van der Waals surface area contributed by atoms with Crippen molar-refractivity contribution >= 4 is 6.08 Å². The molecule has 2 aliphatic rings. The third-order valence-corrected chi connectivity index (χ3v) is 3.88. The van der Waals surface area contributed by atoms with E-state index in [1.807, 2.05) is 0 Å². The molecule has 1 aromatic rings. The summed E-state index contributed by atoms with van der Waals surface area (Å²) in [4.78, 5) is 0. The van der Waals surface area contributed by atoms with Crippen molar-refractivity contribution in [2.45, 2.75) is 38.5 Å². The molecule has 0 fully saturated rings. The molecule has 84 valence electrons. The molecule has 0 saturated carbocycles. The van der Waals surface area contributed by atoms with E-state index in [2.05, 4.69) is 18.2 Å². The first kappa shape index (κ1) is 9.95. The number of ether oxygens (including phenoxy) is 1. The lowest BCUT2D eigenvalue weighted by Crippen LogP contribution is -2.10. The summed E-state index contributed by atoms with van der Waals surface area (Å²) < 4.78 is 5.40. The van der Waals surface area contributed by atoms with Gasteiger partial charge in [0.05, 0.1) is 12.9 Å². The molecule has 16 heavy (non-hydrogen) atoms. The van der Waals surface area contributed by atoms with Crippen LogP contribution in [0.3, 0.4) is 0 Å². The molecule has 1 aromatic carbocycles. The topological polar surface area (TPSA) is 9.23 Å². The van der Waals surface area contributed by atoms with Crippen molar-refractivity contribution in [3.05, 3.63) is 40.1 Å². The highest BCUT2D eigenvalue weighted by Gasteiger charge is 2.18. The second-order valence-corrected chi connectivity index (χ2v) is 4.80. The lowest BCUT2D eigenvalue weighted by molar-refractivity contribution is 0.280. The van der Waals surface area contributed by atoms with Crippen LogP contribution in [0.15, 0.2) is 17.9 Å². The molecule has 0 atom stereocenters. The maximum atomic E-state index is 5.40. The van der Waals surface area contributed by atoms with Crippen molar-refractivity contribution < 1.29 is 4.74 Å². The highest BCUT2D eigenvalue weighted by Crippen LogP contribution is 2.32. The van der Waals surface area contributed by atoms with Gasteiger partial charge in [0.15, 0.2) is 0 Å². The highest BCUT2D eigenvalue weighted by atomic mass is 16.5. The summed E-state index contributed by atoms with van der Waals surface area (Å²) in [5.74, 6) is 1.14. The van der Waals surface area contributed by atoms with Crippen LogP contribution in [0.25, 0.3) is 6.08 Å². The van der Waals surface area contributed by atoms with E-state index in [0.717, 1.165) is 18.6 Å². The van der Waals surface area contributed by atoms with Crippen LogP contribution in [0, 0.1) is 0 Å². The molecule has 0 heterocycles. The Morgan fingerprint density at radius 1 is 0.938 bits per heavy atom. The summed E-state index contributed by atoms with van der Waals surface area (Å²) in [7, 11) is 1.78. The average molecular weight is 214 g/mol. The molecule has 0 bridgehead atoms. The summed E-state index contributed by atoms with van der Waals surface area (Å²) >= 11 is 0. The SMILES string of the molecule is COC1=Cc2c(ccc3c2CCCC3)CC1. The summed E-state index contributed by atoms with van der Waals surface area (Å²) in [6.07, 6.45) is 9.69. The van der Waals surface area contributed by atoms with Crippen molar-refractivity contribution in [2.75, 3.05) is 7.11 Å². The molecule has 0 saturated heterocycles. The molecule has 0 unspecified atom stereocenters. The summed E-state index contributed by atoms with van der Waals surface area (Å²) in [5, 5.41) is 0. The Morgan fingerprint density at radius 2 is 1.75 bits per heavy atom. The normalized spacial score (nSPS) is 18.4. The summed E-state index contributed by atoms with van der Waals surface area (Å²) in [5.41, 5.74) is 6.15. The van der Waals surface area contributed by atoms with Gasteiger partial charge in [0.2, 0.25) is 0 Å². The van der Waals surface area contributed by atoms with E-state index in [1.54, 1.807) is 18.2 Å². The molecule has 2 aliphatic carbocycles. The number of hydrogen-bond acceptors (Lipinski definition) is 1. The third-order valence-electron chi connectivity index (χ3n) is 3.88. The molecule has 0 amide bonds. The third kappa shape index (κ3) is 1.55. The molecule has 0 spiro atoms. The maximum absolute atomic E-state index is 5.40. The zero-order valence-electron chi connectivity index (χ0n) is 9.88. The number of aryl methyl sites for hydroxylation is 2. The van der Waals surface area contributed by atoms with Crippen LogP contribution >= 0.6 is 0 Å². The number of methoxy groups -OCH3 is 1. The first-order valence-electron chi connectivity index (χ1n) is 6.26. The maximum Gasteiger partial charge on any atom is 0.0964 e. The molecule has 1 heteroatoms. The van der Waals surface area contributed by atoms with Crippen molar-refractivity contribution in [3.63, 3.8) is 0 Å². The van der Waals surface area contributed by atoms with Gasteiger partial charge in [0.1, 0.15) is 0 Å². The minimum Gasteiger partial charge on any atom is -0.501 e. The smallest absolute Gasteiger partial charge is 0.0964 e. The van der Waals surface area contributed by atoms with Crippen LogP contribution < -0.4 is 0 Å². The van der Waals surface area contributed by atoms with E-state index < -0.39 is 0 Å². The van der Waals surface area contributed by atoms with Crippen LogP contribution in [-0.4, -0.2) is 7.11 Å². The van der Waals surface area contributed by atoms with Crippen LogP contribution in [0.4, 0.5) is 0 Å². The summed E-state index contributed by atoms with van der Waals surface area (Å²) in [6.45, 7) is 0. The molecule has 3 rings (SSSR count). The Bertz CT molecular complexity index is 443. The van der Waals surface area contributed by atoms with Crippen molar-refractivity contribution in [3.8, 4) is 0 Å². The Labute approximate surface area is 97.1 Å². The van der Waals surface area contributed by atoms with Gasteiger partial charge in [-0.25, -0.2) is 0 Å². The van der Waals surface area contributed by atoms with Gasteiger partial charge in [-0.3, -0.25) is 0 Å². The number of fused-ring (bicyclic) bond motifs is 3. The minimum atomic E-state index is 1.06. The first-order valence-corrected chi connectivity index (χ1v) is 6.26. The molecular formula is C15H18O. The highest BCUT2D eigenvalue weighted by molar-refractivity contribution is 5.64. The van der Waals surface area contributed by atoms with E-state index in [1.165, 1.54) is 36.8 Å². The number of hydrogen-bond donors (Lipinski definition) is 0. The lowest BCUT2D eigenvalue weighted by atomic mass is 9.83. The van der Waals surface area contributed by atoms with Gasteiger partial charge in [-0.05, 0) is 60.4 Å². The largest absolute Gasteiger partial charge is 0.501 e. The number of benzene rings is 1. The van der Waals surface area contributed by atoms with Gasteiger partial charge < -0.3 is 4.74 Å². The second kappa shape index (κ2) is 3.97. The van der Waals surface area contributed by atoms with Crippen LogP contribution in [0.1, 0.15) is 41.5 Å². The van der Waals surface area contributed by atoms with Gasteiger partial charge in [0, 0.05) is 6.42 Å². The van der Waals surface area contributed by atoms with Crippen LogP contribution in [0.5, 0.6) is 0 Å². The van der Waals surface area contributed by atoms with E-state index >= 15 is 0 Å². The monoisotopic (exact) mass is 214 g/mol. The second-order valence-electron chi connectivity index (χ2n) is 4.80. The fraction of sp³-hybridized carbons (Fsp3) is 0.467. The Morgan fingerprint density at radius 3 is 2.62 bits per heavy atom. The fourth-order valence-corrected chi connectivity index (χ4v) is 2.95. The van der Waals surface area contributed by atoms with Gasteiger partial charge in [-0.15, -0.1) is 0 Å². The van der Waals surface area contributed by atoms with Gasteiger partial charge in [-0.1, -0.05) is 12.1 Å². The lowest BCUT2D eigenvalue weighted by Gasteiger charge is -2.24. The first-order chi connectivity index (χ1) is 7.88. The molecule has 0 aromatic heterocycles.